The molecule has 0 amide bonds. The Morgan fingerprint density at radius 1 is 0.556 bits per heavy atom. The van der Waals surface area contributed by atoms with Gasteiger partial charge in [-0.25, -0.2) is 0 Å². The summed E-state index contributed by atoms with van der Waals surface area (Å²) in [4.78, 5) is 0. The molecule has 0 saturated heterocycles. The molecule has 0 unspecified atom stereocenters. The first kappa shape index (κ1) is 9.17. The van der Waals surface area contributed by atoms with Gasteiger partial charge in [-0.2, -0.15) is 0 Å². The van der Waals surface area contributed by atoms with Crippen LogP contribution >= 0.6 is 0 Å². The molecule has 0 aliphatic heterocycles. The first-order valence-electron chi connectivity index (χ1n) is 3.30. The summed E-state index contributed by atoms with van der Waals surface area (Å²) in [5.74, 6) is 0. The van der Waals surface area contributed by atoms with Gasteiger partial charge in [0.05, 0.1) is 0 Å². The summed E-state index contributed by atoms with van der Waals surface area (Å²) >= 11 is 0. The van der Waals surface area contributed by atoms with Gasteiger partial charge in [0.25, 0.3) is 0 Å². The predicted octanol–water partition coefficient (Wildman–Crippen LogP) is 2.67. The Hall–Kier alpha value is 0.168. The van der Waals surface area contributed by atoms with Gasteiger partial charge in [0, 0.05) is 0 Å². The van der Waals surface area contributed by atoms with Crippen LogP contribution in [0, 0.1) is 0 Å². The van der Waals surface area contributed by atoms with Crippen LogP contribution in [0.5, 0.6) is 0 Å². The Bertz CT molecular complexity index is 77.1. The number of hydrogen-bond acceptors (Lipinski definition) is 0. The summed E-state index contributed by atoms with van der Waals surface area (Å²) in [6, 6.07) is 0. The minimum Gasteiger partial charge on any atom is -0.0882 e. The molecule has 0 aromatic rings. The molecule has 0 fully saturated rings. The summed E-state index contributed by atoms with van der Waals surface area (Å²) in [5, 5.41) is 0. The molecule has 9 heavy (non-hydrogen) atoms. The molecule has 1 aliphatic rings. The third kappa shape index (κ3) is 4.66. The Kier molecular flexibility index (Phi) is 6.41. The maximum Gasteiger partial charge on any atom is 2.00 e. The van der Waals surface area contributed by atoms with Gasteiger partial charge in [-0.15, -0.1) is 0 Å². The molecular formula is C8H12Pt+2. The van der Waals surface area contributed by atoms with Gasteiger partial charge in [0.2, 0.25) is 0 Å². The summed E-state index contributed by atoms with van der Waals surface area (Å²) in [5.41, 5.74) is 0. The third-order valence-electron chi connectivity index (χ3n) is 1.33. The van der Waals surface area contributed by atoms with E-state index in [0.717, 1.165) is 0 Å². The van der Waals surface area contributed by atoms with Crippen LogP contribution in [0.15, 0.2) is 24.3 Å². The van der Waals surface area contributed by atoms with Crippen LogP contribution < -0.4 is 0 Å². The maximum atomic E-state index is 2.27. The number of hydrogen-bond donors (Lipinski definition) is 0. The Labute approximate surface area is 71.3 Å². The molecule has 1 heteroatoms. The molecule has 0 nitrogen and oxygen atoms in total. The van der Waals surface area contributed by atoms with Crippen LogP contribution in [0.1, 0.15) is 25.7 Å². The van der Waals surface area contributed by atoms with E-state index in [2.05, 4.69) is 24.3 Å². The average Bonchev–Trinajstić information content (AvgIpc) is 1.62. The first-order valence-corrected chi connectivity index (χ1v) is 3.30. The van der Waals surface area contributed by atoms with Crippen molar-refractivity contribution in [1.82, 2.24) is 0 Å². The van der Waals surface area contributed by atoms with E-state index in [0.29, 0.717) is 0 Å². The van der Waals surface area contributed by atoms with Crippen LogP contribution in [0.25, 0.3) is 0 Å². The molecule has 0 spiro atoms. The zero-order valence-electron chi connectivity index (χ0n) is 5.45. The van der Waals surface area contributed by atoms with Gasteiger partial charge in [0.1, 0.15) is 0 Å². The van der Waals surface area contributed by atoms with Gasteiger partial charge in [-0.1, -0.05) is 24.3 Å². The summed E-state index contributed by atoms with van der Waals surface area (Å²) in [6.07, 6.45) is 14.0. The van der Waals surface area contributed by atoms with Gasteiger partial charge >= 0.3 is 21.1 Å². The molecule has 0 heterocycles. The summed E-state index contributed by atoms with van der Waals surface area (Å²) in [6.45, 7) is 0. The van der Waals surface area contributed by atoms with Crippen LogP contribution in [0.2, 0.25) is 0 Å². The fraction of sp³-hybridized carbons (Fsp3) is 0.500. The van der Waals surface area contributed by atoms with E-state index in [9.17, 15) is 0 Å². The van der Waals surface area contributed by atoms with Crippen molar-refractivity contribution in [1.29, 1.82) is 0 Å². The van der Waals surface area contributed by atoms with Crippen LogP contribution in [-0.4, -0.2) is 0 Å². The third-order valence-corrected chi connectivity index (χ3v) is 1.33. The second-order valence-electron chi connectivity index (χ2n) is 2.10. The van der Waals surface area contributed by atoms with Crippen molar-refractivity contribution in [2.75, 3.05) is 0 Å². The smallest absolute Gasteiger partial charge is 0.0882 e. The molecule has 0 bridgehead atoms. The molecule has 0 N–H and O–H groups in total. The SMILES string of the molecule is C1=CCCC=CCC1.[Pt+2]. The van der Waals surface area contributed by atoms with E-state index in [-0.39, 0.29) is 21.1 Å². The number of rotatable bonds is 0. The molecule has 0 aromatic heterocycles. The van der Waals surface area contributed by atoms with E-state index >= 15 is 0 Å². The van der Waals surface area contributed by atoms with E-state index < -0.39 is 0 Å². The topological polar surface area (TPSA) is 0 Å². The van der Waals surface area contributed by atoms with Crippen molar-refractivity contribution >= 4 is 0 Å². The van der Waals surface area contributed by atoms with Crippen LogP contribution in [0.4, 0.5) is 0 Å². The van der Waals surface area contributed by atoms with Crippen molar-refractivity contribution in [2.24, 2.45) is 0 Å². The van der Waals surface area contributed by atoms with Crippen molar-refractivity contribution in [2.45, 2.75) is 25.7 Å². The van der Waals surface area contributed by atoms with E-state index in [1.807, 2.05) is 0 Å². The fourth-order valence-electron chi connectivity index (χ4n) is 0.856. The maximum absolute atomic E-state index is 2.27. The zero-order chi connectivity index (χ0) is 5.66. The normalized spacial score (nSPS) is 17.8. The van der Waals surface area contributed by atoms with Crippen LogP contribution in [0.3, 0.4) is 0 Å². The number of allylic oxidation sites excluding steroid dienone is 4. The van der Waals surface area contributed by atoms with Gasteiger partial charge < -0.3 is 0 Å². The fourth-order valence-corrected chi connectivity index (χ4v) is 0.856. The van der Waals surface area contributed by atoms with Crippen molar-refractivity contribution in [3.8, 4) is 0 Å². The molecular weight excluding hydrogens is 291 g/mol. The second kappa shape index (κ2) is 6.29. The average molecular weight is 303 g/mol. The minimum absolute atomic E-state index is 0. The minimum atomic E-state index is 0. The Morgan fingerprint density at radius 3 is 1.00 bits per heavy atom. The molecule has 0 aromatic carbocycles. The van der Waals surface area contributed by atoms with E-state index in [1.165, 1.54) is 25.7 Å². The monoisotopic (exact) mass is 303 g/mol. The summed E-state index contributed by atoms with van der Waals surface area (Å²) < 4.78 is 0. The first-order chi connectivity index (χ1) is 4.00. The zero-order valence-corrected chi connectivity index (χ0v) is 7.73. The largest absolute Gasteiger partial charge is 2.00 e. The molecule has 52 valence electrons. The van der Waals surface area contributed by atoms with Crippen molar-refractivity contribution in [3.05, 3.63) is 24.3 Å². The molecule has 1 aliphatic carbocycles. The Balaban J connectivity index is 0.000000640. The van der Waals surface area contributed by atoms with Gasteiger partial charge in [-0.05, 0) is 25.7 Å². The van der Waals surface area contributed by atoms with E-state index in [1.54, 1.807) is 0 Å². The van der Waals surface area contributed by atoms with Crippen molar-refractivity contribution in [3.63, 3.8) is 0 Å². The molecule has 0 atom stereocenters. The molecule has 0 radical (unpaired) electrons. The molecule has 0 saturated carbocycles. The standard InChI is InChI=1S/C8H12.Pt/c1-2-4-6-8-7-5-3-1;/h1-2,7-8H,3-6H2;/q;+2. The second-order valence-corrected chi connectivity index (χ2v) is 2.10. The van der Waals surface area contributed by atoms with Gasteiger partial charge in [-0.3, -0.25) is 0 Å². The van der Waals surface area contributed by atoms with Crippen LogP contribution in [-0.2, 0) is 21.1 Å². The summed E-state index contributed by atoms with van der Waals surface area (Å²) in [7, 11) is 0. The van der Waals surface area contributed by atoms with Crippen molar-refractivity contribution < 1.29 is 21.1 Å². The van der Waals surface area contributed by atoms with E-state index in [4.69, 9.17) is 0 Å². The molecule has 1 rings (SSSR count). The predicted molar refractivity (Wildman–Crippen MR) is 36.7 cm³/mol. The Morgan fingerprint density at radius 2 is 0.778 bits per heavy atom. The van der Waals surface area contributed by atoms with Gasteiger partial charge in [0.15, 0.2) is 0 Å². The quantitative estimate of drug-likeness (QED) is 0.604.